The maximum absolute atomic E-state index is 13.3. The largest absolute Gasteiger partial charge is 0.484 e. The van der Waals surface area contributed by atoms with Crippen LogP contribution in [0, 0.1) is 19.7 Å². The first kappa shape index (κ1) is 20.0. The molecule has 0 saturated heterocycles. The highest BCUT2D eigenvalue weighted by Gasteiger charge is 2.10. The Labute approximate surface area is 165 Å². The topological polar surface area (TPSA) is 102 Å². The summed E-state index contributed by atoms with van der Waals surface area (Å²) in [6.45, 7) is 3.15. The van der Waals surface area contributed by atoms with E-state index in [0.717, 1.165) is 21.8 Å². The van der Waals surface area contributed by atoms with Crippen molar-refractivity contribution in [3.63, 3.8) is 0 Å². The zero-order chi connectivity index (χ0) is 21.0. The van der Waals surface area contributed by atoms with Gasteiger partial charge >= 0.3 is 0 Å². The van der Waals surface area contributed by atoms with E-state index in [1.54, 1.807) is 12.1 Å². The van der Waals surface area contributed by atoms with Crippen LogP contribution >= 0.6 is 0 Å². The van der Waals surface area contributed by atoms with Crippen LogP contribution in [0.4, 0.5) is 4.39 Å². The molecule has 8 nitrogen and oxygen atoms in total. The maximum Gasteiger partial charge on any atom is 0.276 e. The third-order valence-electron chi connectivity index (χ3n) is 4.01. The van der Waals surface area contributed by atoms with Crippen molar-refractivity contribution in [2.45, 2.75) is 20.4 Å². The van der Waals surface area contributed by atoms with Crippen molar-refractivity contribution < 1.29 is 18.7 Å². The zero-order valence-corrected chi connectivity index (χ0v) is 15.9. The van der Waals surface area contributed by atoms with Crippen LogP contribution < -0.4 is 21.1 Å². The normalized spacial score (nSPS) is 10.6. The third-order valence-corrected chi connectivity index (χ3v) is 4.01. The molecule has 3 aromatic rings. The number of hydrogen-bond donors (Lipinski definition) is 2. The second-order valence-electron chi connectivity index (χ2n) is 6.55. The summed E-state index contributed by atoms with van der Waals surface area (Å²) in [5.41, 5.74) is 6.17. The number of halogens is 1. The van der Waals surface area contributed by atoms with Gasteiger partial charge in [0.25, 0.3) is 17.4 Å². The van der Waals surface area contributed by atoms with Gasteiger partial charge in [-0.3, -0.25) is 29.8 Å². The first-order valence-electron chi connectivity index (χ1n) is 8.75. The third kappa shape index (κ3) is 5.16. The number of ether oxygens (including phenoxy) is 1. The summed E-state index contributed by atoms with van der Waals surface area (Å²) in [5, 5.41) is 0.0613. The second-order valence-corrected chi connectivity index (χ2v) is 6.55. The Morgan fingerprint density at radius 2 is 1.76 bits per heavy atom. The number of benzene rings is 2. The lowest BCUT2D eigenvalue weighted by Crippen LogP contribution is -2.45. The van der Waals surface area contributed by atoms with Gasteiger partial charge < -0.3 is 4.74 Å². The van der Waals surface area contributed by atoms with E-state index in [4.69, 9.17) is 4.74 Å². The van der Waals surface area contributed by atoms with Gasteiger partial charge in [0.15, 0.2) is 6.61 Å². The number of rotatable bonds is 5. The van der Waals surface area contributed by atoms with Gasteiger partial charge in [-0.2, -0.15) is 0 Å². The number of carbonyl (C=O) groups is 2. The average Bonchev–Trinajstić information content (AvgIpc) is 2.66. The number of hydrogen-bond acceptors (Lipinski definition) is 5. The van der Waals surface area contributed by atoms with Gasteiger partial charge in [-0.05, 0) is 55.3 Å². The Morgan fingerprint density at radius 3 is 2.48 bits per heavy atom. The Hall–Kier alpha value is -3.75. The van der Waals surface area contributed by atoms with Gasteiger partial charge in [0, 0.05) is 0 Å². The number of amides is 2. The molecule has 0 spiro atoms. The van der Waals surface area contributed by atoms with Gasteiger partial charge in [-0.1, -0.05) is 6.07 Å². The number of aryl methyl sites for hydroxylation is 2. The van der Waals surface area contributed by atoms with Crippen LogP contribution in [0.2, 0.25) is 0 Å². The SMILES string of the molecule is Cc1cc(C)cc(OCC(=O)NNC(=O)Cn2cnc3ccc(F)cc3c2=O)c1. The van der Waals surface area contributed by atoms with Crippen molar-refractivity contribution in [3.05, 3.63) is 70.0 Å². The van der Waals surface area contributed by atoms with Crippen LogP contribution in [0.3, 0.4) is 0 Å². The minimum atomic E-state index is -0.649. The fourth-order valence-electron chi connectivity index (χ4n) is 2.78. The summed E-state index contributed by atoms with van der Waals surface area (Å²) in [4.78, 5) is 40.2. The summed E-state index contributed by atoms with van der Waals surface area (Å²) in [7, 11) is 0. The Balaban J connectivity index is 1.54. The predicted octanol–water partition coefficient (Wildman–Crippen LogP) is 1.38. The van der Waals surface area contributed by atoms with E-state index in [0.29, 0.717) is 11.3 Å². The highest BCUT2D eigenvalue weighted by atomic mass is 19.1. The quantitative estimate of drug-likeness (QED) is 0.632. The smallest absolute Gasteiger partial charge is 0.276 e. The van der Waals surface area contributed by atoms with E-state index in [2.05, 4.69) is 15.8 Å². The molecule has 0 unspecified atom stereocenters. The molecule has 29 heavy (non-hydrogen) atoms. The molecule has 0 aliphatic heterocycles. The van der Waals surface area contributed by atoms with Gasteiger partial charge in [0.1, 0.15) is 18.1 Å². The average molecular weight is 398 g/mol. The number of aromatic nitrogens is 2. The summed E-state index contributed by atoms with van der Waals surface area (Å²) >= 11 is 0. The van der Waals surface area contributed by atoms with E-state index < -0.39 is 29.7 Å². The van der Waals surface area contributed by atoms with E-state index in [1.807, 2.05) is 19.9 Å². The molecule has 0 radical (unpaired) electrons. The molecule has 1 heterocycles. The molecule has 0 bridgehead atoms. The number of hydrazine groups is 1. The van der Waals surface area contributed by atoms with Crippen molar-refractivity contribution in [1.82, 2.24) is 20.4 Å². The molecule has 2 N–H and O–H groups in total. The van der Waals surface area contributed by atoms with Crippen LogP contribution in [0.15, 0.2) is 47.5 Å². The highest BCUT2D eigenvalue weighted by molar-refractivity contribution is 5.83. The standard InChI is InChI=1S/C20H19FN4O4/c1-12-5-13(2)7-15(6-12)29-10-19(27)24-23-18(26)9-25-11-22-17-4-3-14(21)8-16(17)20(25)28/h3-8,11H,9-10H2,1-2H3,(H,23,26)(H,24,27). The van der Waals surface area contributed by atoms with Gasteiger partial charge in [-0.25, -0.2) is 9.37 Å². The molecule has 9 heteroatoms. The Morgan fingerprint density at radius 1 is 1.07 bits per heavy atom. The predicted molar refractivity (Wildman–Crippen MR) is 104 cm³/mol. The minimum absolute atomic E-state index is 0.0613. The number of nitrogens with one attached hydrogen (secondary N) is 2. The fraction of sp³-hybridized carbons (Fsp3) is 0.200. The first-order chi connectivity index (χ1) is 13.8. The van der Waals surface area contributed by atoms with Crippen molar-refractivity contribution in [2.75, 3.05) is 6.61 Å². The van der Waals surface area contributed by atoms with Crippen molar-refractivity contribution in [3.8, 4) is 5.75 Å². The Bertz CT molecular complexity index is 1120. The zero-order valence-electron chi connectivity index (χ0n) is 15.9. The van der Waals surface area contributed by atoms with Crippen molar-refractivity contribution >= 4 is 22.7 Å². The summed E-state index contributed by atoms with van der Waals surface area (Å²) < 4.78 is 19.8. The minimum Gasteiger partial charge on any atom is -0.484 e. The van der Waals surface area contributed by atoms with Gasteiger partial charge in [-0.15, -0.1) is 0 Å². The van der Waals surface area contributed by atoms with Crippen LogP contribution in [-0.2, 0) is 16.1 Å². The van der Waals surface area contributed by atoms with Crippen molar-refractivity contribution in [2.24, 2.45) is 0 Å². The highest BCUT2D eigenvalue weighted by Crippen LogP contribution is 2.15. The Kier molecular flexibility index (Phi) is 5.87. The van der Waals surface area contributed by atoms with Crippen LogP contribution in [0.1, 0.15) is 11.1 Å². The van der Waals surface area contributed by atoms with Crippen LogP contribution in [-0.4, -0.2) is 28.0 Å². The molecule has 0 aliphatic carbocycles. The molecule has 0 fully saturated rings. The maximum atomic E-state index is 13.3. The molecular weight excluding hydrogens is 379 g/mol. The van der Waals surface area contributed by atoms with Crippen LogP contribution in [0.25, 0.3) is 10.9 Å². The van der Waals surface area contributed by atoms with E-state index in [9.17, 15) is 18.8 Å². The van der Waals surface area contributed by atoms with Crippen molar-refractivity contribution in [1.29, 1.82) is 0 Å². The number of fused-ring (bicyclic) bond motifs is 1. The summed E-state index contributed by atoms with van der Waals surface area (Å²) in [6, 6.07) is 9.20. The second kappa shape index (κ2) is 8.51. The van der Waals surface area contributed by atoms with E-state index >= 15 is 0 Å². The molecule has 2 aromatic carbocycles. The van der Waals surface area contributed by atoms with Crippen LogP contribution in [0.5, 0.6) is 5.75 Å². The monoisotopic (exact) mass is 398 g/mol. The van der Waals surface area contributed by atoms with Gasteiger partial charge in [0.05, 0.1) is 17.2 Å². The molecular formula is C20H19FN4O4. The first-order valence-corrected chi connectivity index (χ1v) is 8.75. The molecule has 0 aliphatic rings. The number of carbonyl (C=O) groups excluding carboxylic acids is 2. The fourth-order valence-corrected chi connectivity index (χ4v) is 2.78. The molecule has 0 atom stereocenters. The molecule has 3 rings (SSSR count). The lowest BCUT2D eigenvalue weighted by Gasteiger charge is -2.11. The molecule has 0 saturated carbocycles. The molecule has 150 valence electrons. The van der Waals surface area contributed by atoms with E-state index in [1.165, 1.54) is 18.5 Å². The van der Waals surface area contributed by atoms with E-state index in [-0.39, 0.29) is 12.0 Å². The molecule has 2 amide bonds. The lowest BCUT2D eigenvalue weighted by molar-refractivity contribution is -0.130. The summed E-state index contributed by atoms with van der Waals surface area (Å²) in [5.74, 6) is -1.24. The number of nitrogens with zero attached hydrogens (tertiary/aromatic N) is 2. The van der Waals surface area contributed by atoms with Gasteiger partial charge in [0.2, 0.25) is 0 Å². The summed E-state index contributed by atoms with van der Waals surface area (Å²) in [6.07, 6.45) is 1.19. The lowest BCUT2D eigenvalue weighted by atomic mass is 10.1. The molecule has 1 aromatic heterocycles.